The molecule has 2 rings (SSSR count). The van der Waals surface area contributed by atoms with Gasteiger partial charge in [-0.25, -0.2) is 9.97 Å². The SMILES string of the molecule is Clc1cc(Cc2c(Cl)cccc2Cl)nc(Cl)n1. The molecule has 0 unspecified atom stereocenters. The lowest BCUT2D eigenvalue weighted by atomic mass is 10.1. The zero-order valence-corrected chi connectivity index (χ0v) is 11.4. The van der Waals surface area contributed by atoms with Crippen molar-refractivity contribution in [2.24, 2.45) is 0 Å². The Balaban J connectivity index is 2.38. The third kappa shape index (κ3) is 3.23. The quantitative estimate of drug-likeness (QED) is 0.594. The third-order valence-corrected chi connectivity index (χ3v) is 3.21. The molecule has 1 aromatic heterocycles. The molecule has 2 aromatic rings. The second-order valence-corrected chi connectivity index (χ2v) is 4.87. The van der Waals surface area contributed by atoms with Gasteiger partial charge < -0.3 is 0 Å². The first-order valence-corrected chi connectivity index (χ1v) is 6.19. The van der Waals surface area contributed by atoms with Gasteiger partial charge in [-0.2, -0.15) is 0 Å². The van der Waals surface area contributed by atoms with Crippen LogP contribution >= 0.6 is 46.4 Å². The van der Waals surface area contributed by atoms with E-state index in [-0.39, 0.29) is 5.28 Å². The Labute approximate surface area is 119 Å². The Morgan fingerprint density at radius 3 is 2.18 bits per heavy atom. The van der Waals surface area contributed by atoms with Gasteiger partial charge in [-0.3, -0.25) is 0 Å². The maximum atomic E-state index is 6.07. The number of rotatable bonds is 2. The van der Waals surface area contributed by atoms with Gasteiger partial charge in [-0.15, -0.1) is 0 Å². The molecule has 0 aliphatic heterocycles. The van der Waals surface area contributed by atoms with E-state index in [0.717, 1.165) is 5.56 Å². The maximum absolute atomic E-state index is 6.07. The molecule has 1 heterocycles. The highest BCUT2D eigenvalue weighted by Gasteiger charge is 2.09. The van der Waals surface area contributed by atoms with E-state index in [2.05, 4.69) is 9.97 Å². The summed E-state index contributed by atoms with van der Waals surface area (Å²) in [5.41, 5.74) is 1.46. The molecule has 6 heteroatoms. The molecule has 0 atom stereocenters. The van der Waals surface area contributed by atoms with E-state index in [1.807, 2.05) is 0 Å². The highest BCUT2D eigenvalue weighted by atomic mass is 35.5. The van der Waals surface area contributed by atoms with Gasteiger partial charge in [-0.05, 0) is 35.4 Å². The number of nitrogens with zero attached hydrogens (tertiary/aromatic N) is 2. The zero-order chi connectivity index (χ0) is 12.4. The predicted octanol–water partition coefficient (Wildman–Crippen LogP) is 4.68. The molecule has 0 aliphatic carbocycles. The van der Waals surface area contributed by atoms with Crippen molar-refractivity contribution in [3.05, 3.63) is 56.0 Å². The van der Waals surface area contributed by atoms with Crippen LogP contribution in [0.15, 0.2) is 24.3 Å². The minimum absolute atomic E-state index is 0.107. The Morgan fingerprint density at radius 2 is 1.59 bits per heavy atom. The summed E-state index contributed by atoms with van der Waals surface area (Å²) in [6, 6.07) is 6.96. The van der Waals surface area contributed by atoms with Crippen molar-refractivity contribution in [2.45, 2.75) is 6.42 Å². The highest BCUT2D eigenvalue weighted by Crippen LogP contribution is 2.27. The van der Waals surface area contributed by atoms with Gasteiger partial charge in [0.1, 0.15) is 5.15 Å². The summed E-state index contributed by atoms with van der Waals surface area (Å²) in [5, 5.41) is 1.57. The maximum Gasteiger partial charge on any atom is 0.224 e. The molecule has 0 saturated heterocycles. The third-order valence-electron chi connectivity index (χ3n) is 2.14. The fraction of sp³-hybridized carbons (Fsp3) is 0.0909. The number of hydrogen-bond donors (Lipinski definition) is 0. The summed E-state index contributed by atoms with van der Waals surface area (Å²) in [4.78, 5) is 7.84. The zero-order valence-electron chi connectivity index (χ0n) is 8.42. The van der Waals surface area contributed by atoms with E-state index in [4.69, 9.17) is 46.4 Å². The number of halogens is 4. The molecule has 0 aliphatic rings. The summed E-state index contributed by atoms with van der Waals surface area (Å²) in [6.07, 6.45) is 0.459. The van der Waals surface area contributed by atoms with Crippen molar-refractivity contribution in [3.8, 4) is 0 Å². The second-order valence-electron chi connectivity index (χ2n) is 3.33. The van der Waals surface area contributed by atoms with Crippen LogP contribution < -0.4 is 0 Å². The van der Waals surface area contributed by atoms with Crippen LogP contribution in [0.1, 0.15) is 11.3 Å². The van der Waals surface area contributed by atoms with Crippen molar-refractivity contribution >= 4 is 46.4 Å². The van der Waals surface area contributed by atoms with Crippen LogP contribution in [-0.2, 0) is 6.42 Å². The molecule has 17 heavy (non-hydrogen) atoms. The molecule has 0 radical (unpaired) electrons. The normalized spacial score (nSPS) is 10.6. The first kappa shape index (κ1) is 12.9. The molecule has 1 aromatic carbocycles. The Kier molecular flexibility index (Phi) is 4.10. The van der Waals surface area contributed by atoms with Gasteiger partial charge in [0.15, 0.2) is 0 Å². The van der Waals surface area contributed by atoms with Crippen LogP contribution in [0.3, 0.4) is 0 Å². The van der Waals surface area contributed by atoms with Crippen LogP contribution in [0, 0.1) is 0 Å². The molecule has 0 spiro atoms. The standard InChI is InChI=1S/C11H6Cl4N2/c12-8-2-1-3-9(13)7(8)4-6-5-10(14)17-11(15)16-6/h1-3,5H,4H2. The highest BCUT2D eigenvalue weighted by molar-refractivity contribution is 6.36. The van der Waals surface area contributed by atoms with E-state index < -0.39 is 0 Å². The molecule has 0 N–H and O–H groups in total. The molecule has 0 amide bonds. The first-order valence-electron chi connectivity index (χ1n) is 4.68. The topological polar surface area (TPSA) is 25.8 Å². The van der Waals surface area contributed by atoms with Crippen molar-refractivity contribution < 1.29 is 0 Å². The molecule has 0 saturated carbocycles. The van der Waals surface area contributed by atoms with Gasteiger partial charge in [-0.1, -0.05) is 40.9 Å². The molecule has 0 fully saturated rings. The lowest BCUT2D eigenvalue weighted by Gasteiger charge is -2.06. The van der Waals surface area contributed by atoms with E-state index in [1.165, 1.54) is 0 Å². The second kappa shape index (κ2) is 5.40. The average molecular weight is 308 g/mol. The summed E-state index contributed by atoms with van der Waals surface area (Å²) in [7, 11) is 0. The predicted molar refractivity (Wildman–Crippen MR) is 71.3 cm³/mol. The van der Waals surface area contributed by atoms with Crippen molar-refractivity contribution in [3.63, 3.8) is 0 Å². The minimum Gasteiger partial charge on any atom is -0.223 e. The Morgan fingerprint density at radius 1 is 0.941 bits per heavy atom. The lowest BCUT2D eigenvalue weighted by Crippen LogP contribution is -1.96. The van der Waals surface area contributed by atoms with Crippen LogP contribution in [0.4, 0.5) is 0 Å². The smallest absolute Gasteiger partial charge is 0.223 e. The summed E-state index contributed by atoms with van der Waals surface area (Å²) >= 11 is 23.6. The van der Waals surface area contributed by atoms with Gasteiger partial charge in [0.2, 0.25) is 5.28 Å². The van der Waals surface area contributed by atoms with Gasteiger partial charge in [0.05, 0.1) is 5.69 Å². The first-order chi connectivity index (χ1) is 8.06. The molecule has 88 valence electrons. The van der Waals surface area contributed by atoms with Crippen molar-refractivity contribution in [1.29, 1.82) is 0 Å². The lowest BCUT2D eigenvalue weighted by molar-refractivity contribution is 1.03. The summed E-state index contributed by atoms with van der Waals surface area (Å²) < 4.78 is 0. The number of aromatic nitrogens is 2. The molecular weight excluding hydrogens is 302 g/mol. The van der Waals surface area contributed by atoms with Crippen LogP contribution in [0.25, 0.3) is 0 Å². The summed E-state index contributed by atoms with van der Waals surface area (Å²) in [6.45, 7) is 0. The van der Waals surface area contributed by atoms with Crippen molar-refractivity contribution in [2.75, 3.05) is 0 Å². The monoisotopic (exact) mass is 306 g/mol. The minimum atomic E-state index is 0.107. The van der Waals surface area contributed by atoms with E-state index >= 15 is 0 Å². The molecule has 0 bridgehead atoms. The van der Waals surface area contributed by atoms with Crippen LogP contribution in [0.2, 0.25) is 20.5 Å². The van der Waals surface area contributed by atoms with Gasteiger partial charge in [0.25, 0.3) is 0 Å². The number of hydrogen-bond acceptors (Lipinski definition) is 2. The van der Waals surface area contributed by atoms with E-state index in [0.29, 0.717) is 27.3 Å². The average Bonchev–Trinajstić information content (AvgIpc) is 2.22. The Hall–Kier alpha value is -0.540. The summed E-state index contributed by atoms with van der Waals surface area (Å²) in [5.74, 6) is 0. The molecular formula is C11H6Cl4N2. The largest absolute Gasteiger partial charge is 0.224 e. The van der Waals surface area contributed by atoms with Gasteiger partial charge in [0, 0.05) is 16.5 Å². The van der Waals surface area contributed by atoms with Gasteiger partial charge >= 0.3 is 0 Å². The van der Waals surface area contributed by atoms with Crippen molar-refractivity contribution in [1.82, 2.24) is 9.97 Å². The van der Waals surface area contributed by atoms with E-state index in [9.17, 15) is 0 Å². The Bertz CT molecular complexity index is 517. The van der Waals surface area contributed by atoms with E-state index in [1.54, 1.807) is 24.3 Å². The number of benzene rings is 1. The molecule has 2 nitrogen and oxygen atoms in total. The van der Waals surface area contributed by atoms with Crippen LogP contribution in [0.5, 0.6) is 0 Å². The fourth-order valence-electron chi connectivity index (χ4n) is 1.41. The fourth-order valence-corrected chi connectivity index (χ4v) is 2.39. The van der Waals surface area contributed by atoms with Crippen LogP contribution in [-0.4, -0.2) is 9.97 Å².